The summed E-state index contributed by atoms with van der Waals surface area (Å²) in [5, 5.41) is 11.0. The summed E-state index contributed by atoms with van der Waals surface area (Å²) in [6, 6.07) is 11.7. The predicted octanol–water partition coefficient (Wildman–Crippen LogP) is 2.64. The Bertz CT molecular complexity index is 911. The number of halogens is 1. The molecule has 1 N–H and O–H groups in total. The predicted molar refractivity (Wildman–Crippen MR) is 97.1 cm³/mol. The zero-order chi connectivity index (χ0) is 17.9. The van der Waals surface area contributed by atoms with Gasteiger partial charge in [0.2, 0.25) is 0 Å². The van der Waals surface area contributed by atoms with E-state index >= 15 is 0 Å². The first-order valence-electron chi connectivity index (χ1n) is 8.17. The van der Waals surface area contributed by atoms with E-state index < -0.39 is 0 Å². The van der Waals surface area contributed by atoms with Crippen LogP contribution in [0.1, 0.15) is 33.4 Å². The van der Waals surface area contributed by atoms with E-state index in [0.717, 1.165) is 15.6 Å². The topological polar surface area (TPSA) is 81.9 Å². The number of hydrogen-bond acceptors (Lipinski definition) is 5. The highest BCUT2D eigenvalue weighted by Gasteiger charge is 2.27. The van der Waals surface area contributed by atoms with E-state index in [2.05, 4.69) is 36.5 Å². The Hall–Kier alpha value is -2.58. The van der Waals surface area contributed by atoms with E-state index in [1.54, 1.807) is 17.1 Å². The lowest BCUT2D eigenvalue weighted by Gasteiger charge is -2.24. The van der Waals surface area contributed by atoms with E-state index in [-0.39, 0.29) is 12.0 Å². The molecule has 0 saturated heterocycles. The molecule has 2 aromatic heterocycles. The number of amides is 1. The van der Waals surface area contributed by atoms with Crippen LogP contribution in [0.4, 0.5) is 0 Å². The first-order chi connectivity index (χ1) is 12.7. The van der Waals surface area contributed by atoms with Crippen molar-refractivity contribution in [2.24, 2.45) is 0 Å². The van der Waals surface area contributed by atoms with Crippen molar-refractivity contribution in [2.45, 2.75) is 25.8 Å². The molecule has 0 aliphatic carbocycles. The lowest BCUT2D eigenvalue weighted by Crippen LogP contribution is -2.27. The molecule has 3 aromatic rings. The van der Waals surface area contributed by atoms with Crippen LogP contribution in [0.5, 0.6) is 0 Å². The zero-order valence-electron chi connectivity index (χ0n) is 13.8. The third-order valence-electron chi connectivity index (χ3n) is 4.26. The highest BCUT2D eigenvalue weighted by Crippen LogP contribution is 2.27. The molecule has 1 aliphatic heterocycles. The Morgan fingerprint density at radius 3 is 2.77 bits per heavy atom. The summed E-state index contributed by atoms with van der Waals surface area (Å²) < 4.78 is 8.71. The summed E-state index contributed by atoms with van der Waals surface area (Å²) in [6.07, 6.45) is 3.28. The third-order valence-corrected chi connectivity index (χ3v) is 4.79. The molecule has 0 radical (unpaired) electrons. The van der Waals surface area contributed by atoms with Crippen LogP contribution in [0.15, 0.2) is 53.3 Å². The van der Waals surface area contributed by atoms with Gasteiger partial charge in [-0.15, -0.1) is 5.10 Å². The monoisotopic (exact) mass is 413 g/mol. The van der Waals surface area contributed by atoms with Gasteiger partial charge in [0, 0.05) is 23.4 Å². The molecule has 0 fully saturated rings. The minimum atomic E-state index is -0.256. The molecule has 26 heavy (non-hydrogen) atoms. The number of hydrogen-bond donors (Lipinski definition) is 1. The van der Waals surface area contributed by atoms with Crippen molar-refractivity contribution in [3.05, 3.63) is 75.8 Å². The number of fused-ring (bicyclic) bond motifs is 1. The van der Waals surface area contributed by atoms with E-state index in [0.29, 0.717) is 31.1 Å². The number of carbonyl (C=O) groups excluding carboxylic acids is 1. The molecule has 7 nitrogen and oxygen atoms in total. The minimum Gasteiger partial charge on any atom is -0.365 e. The molecule has 0 spiro atoms. The lowest BCUT2D eigenvalue weighted by atomic mass is 10.1. The maximum atomic E-state index is 12.4. The lowest BCUT2D eigenvalue weighted by molar-refractivity contribution is -0.00177. The standard InChI is InChI=1S/C18H16BrN5O2/c19-14-3-1-13(2-4-14)16-10-24-15(11-26-16)17(22-23-24)18(25)21-9-12-5-7-20-8-6-12/h1-8,16H,9-11H2,(H,21,25)/t16-/m0/s1. The van der Waals surface area contributed by atoms with Crippen molar-refractivity contribution in [1.29, 1.82) is 0 Å². The Morgan fingerprint density at radius 1 is 1.23 bits per heavy atom. The first kappa shape index (κ1) is 16.9. The van der Waals surface area contributed by atoms with Gasteiger partial charge < -0.3 is 10.1 Å². The minimum absolute atomic E-state index is 0.106. The van der Waals surface area contributed by atoms with Crippen LogP contribution in [0.25, 0.3) is 0 Å². The third kappa shape index (κ3) is 3.51. The second-order valence-electron chi connectivity index (χ2n) is 5.96. The molecule has 1 amide bonds. The van der Waals surface area contributed by atoms with Crippen LogP contribution in [0.3, 0.4) is 0 Å². The Kier molecular flexibility index (Phi) is 4.77. The maximum absolute atomic E-state index is 12.4. The molecule has 0 saturated carbocycles. The molecule has 0 unspecified atom stereocenters. The normalized spacial score (nSPS) is 16.1. The van der Waals surface area contributed by atoms with E-state index in [1.165, 1.54) is 0 Å². The molecule has 1 atom stereocenters. The number of nitrogens with one attached hydrogen (secondary N) is 1. The van der Waals surface area contributed by atoms with Gasteiger partial charge >= 0.3 is 0 Å². The average molecular weight is 414 g/mol. The fourth-order valence-corrected chi connectivity index (χ4v) is 3.10. The second kappa shape index (κ2) is 7.35. The van der Waals surface area contributed by atoms with Crippen molar-refractivity contribution in [3.63, 3.8) is 0 Å². The number of ether oxygens (including phenoxy) is 1. The summed E-state index contributed by atoms with van der Waals surface area (Å²) in [5.74, 6) is -0.256. The van der Waals surface area contributed by atoms with Gasteiger partial charge in [-0.1, -0.05) is 33.3 Å². The van der Waals surface area contributed by atoms with Crippen LogP contribution in [-0.4, -0.2) is 25.9 Å². The van der Waals surface area contributed by atoms with Crippen molar-refractivity contribution in [2.75, 3.05) is 0 Å². The van der Waals surface area contributed by atoms with Gasteiger partial charge in [0.25, 0.3) is 5.91 Å². The molecular formula is C18H16BrN5O2. The molecule has 132 valence electrons. The smallest absolute Gasteiger partial charge is 0.274 e. The Balaban J connectivity index is 1.45. The van der Waals surface area contributed by atoms with Crippen LogP contribution < -0.4 is 5.32 Å². The summed E-state index contributed by atoms with van der Waals surface area (Å²) in [4.78, 5) is 16.4. The largest absolute Gasteiger partial charge is 0.365 e. The number of pyridine rings is 1. The average Bonchev–Trinajstić information content (AvgIpc) is 3.11. The molecule has 4 rings (SSSR count). The number of rotatable bonds is 4. The molecule has 1 aliphatic rings. The summed E-state index contributed by atoms with van der Waals surface area (Å²) in [7, 11) is 0. The Labute approximate surface area is 158 Å². The van der Waals surface area contributed by atoms with Crippen molar-refractivity contribution >= 4 is 21.8 Å². The Morgan fingerprint density at radius 2 is 2.00 bits per heavy atom. The van der Waals surface area contributed by atoms with Crippen molar-refractivity contribution < 1.29 is 9.53 Å². The molecular weight excluding hydrogens is 398 g/mol. The van der Waals surface area contributed by atoms with Gasteiger partial charge in [0.05, 0.1) is 18.8 Å². The fourth-order valence-electron chi connectivity index (χ4n) is 2.83. The highest BCUT2D eigenvalue weighted by molar-refractivity contribution is 9.10. The van der Waals surface area contributed by atoms with E-state index in [9.17, 15) is 4.79 Å². The van der Waals surface area contributed by atoms with Crippen LogP contribution in [0.2, 0.25) is 0 Å². The number of carbonyl (C=O) groups is 1. The number of aromatic nitrogens is 4. The van der Waals surface area contributed by atoms with Gasteiger partial charge in [0.1, 0.15) is 6.10 Å². The van der Waals surface area contributed by atoms with Crippen molar-refractivity contribution in [1.82, 2.24) is 25.3 Å². The van der Waals surface area contributed by atoms with Gasteiger partial charge in [-0.05, 0) is 35.4 Å². The van der Waals surface area contributed by atoms with Crippen molar-refractivity contribution in [3.8, 4) is 0 Å². The van der Waals surface area contributed by atoms with Crippen LogP contribution in [0, 0.1) is 0 Å². The zero-order valence-corrected chi connectivity index (χ0v) is 15.4. The molecule has 3 heterocycles. The number of nitrogens with zero attached hydrogens (tertiary/aromatic N) is 4. The quantitative estimate of drug-likeness (QED) is 0.710. The van der Waals surface area contributed by atoms with Gasteiger partial charge in [0.15, 0.2) is 5.69 Å². The van der Waals surface area contributed by atoms with Crippen LogP contribution >= 0.6 is 15.9 Å². The van der Waals surface area contributed by atoms with Gasteiger partial charge in [-0.25, -0.2) is 4.68 Å². The SMILES string of the molecule is O=C(NCc1ccncc1)c1nnn2c1CO[C@H](c1ccc(Br)cc1)C2. The van der Waals surface area contributed by atoms with Gasteiger partial charge in [-0.3, -0.25) is 9.78 Å². The maximum Gasteiger partial charge on any atom is 0.274 e. The van der Waals surface area contributed by atoms with Crippen LogP contribution in [-0.2, 0) is 24.4 Å². The summed E-state index contributed by atoms with van der Waals surface area (Å²) in [5.41, 5.74) is 3.05. The highest BCUT2D eigenvalue weighted by atomic mass is 79.9. The molecule has 1 aromatic carbocycles. The summed E-state index contributed by atoms with van der Waals surface area (Å²) in [6.45, 7) is 1.24. The summed E-state index contributed by atoms with van der Waals surface area (Å²) >= 11 is 3.43. The van der Waals surface area contributed by atoms with Gasteiger partial charge in [-0.2, -0.15) is 0 Å². The van der Waals surface area contributed by atoms with E-state index in [4.69, 9.17) is 4.74 Å². The number of benzene rings is 1. The molecule has 8 heteroatoms. The first-order valence-corrected chi connectivity index (χ1v) is 8.96. The molecule has 0 bridgehead atoms. The fraction of sp³-hybridized carbons (Fsp3) is 0.222. The van der Waals surface area contributed by atoms with E-state index in [1.807, 2.05) is 36.4 Å². The second-order valence-corrected chi connectivity index (χ2v) is 6.87.